The number of aliphatic hydroxyl groups is 2. The molecule has 0 aromatic carbocycles. The molecule has 72 valence electrons. The maximum atomic E-state index is 10.3. The summed E-state index contributed by atoms with van der Waals surface area (Å²) in [5.74, 6) is 0. The molecule has 0 aliphatic heterocycles. The molecule has 0 aliphatic carbocycles. The number of carbonyl (C=O) groups is 1. The van der Waals surface area contributed by atoms with Crippen LogP contribution >= 0.6 is 0 Å². The molecule has 0 aromatic heterocycles. The van der Waals surface area contributed by atoms with Crippen LogP contribution in [-0.4, -0.2) is 53.7 Å². The molecule has 0 rings (SSSR count). The van der Waals surface area contributed by atoms with E-state index in [4.69, 9.17) is 5.11 Å². The molecule has 0 radical (unpaired) electrons. The van der Waals surface area contributed by atoms with Crippen molar-refractivity contribution in [3.8, 4) is 0 Å². The molecule has 0 spiro atoms. The molecule has 12 heavy (non-hydrogen) atoms. The average Bonchev–Trinajstić information content (AvgIpc) is 1.98. The standard InChI is InChI=1S/C8H17NO3/c1-6(11)4-7(9(2)3)8(12)5-10/h5-8,11-12H,4H2,1-3H3/t6-,7+,8-/m1/s1. The molecule has 0 aliphatic rings. The van der Waals surface area contributed by atoms with Gasteiger partial charge in [-0.3, -0.25) is 0 Å². The second-order valence-corrected chi connectivity index (χ2v) is 3.24. The Kier molecular flexibility index (Phi) is 5.04. The number of likely N-dealkylation sites (N-methyl/N-ethyl adjacent to an activating group) is 1. The molecule has 0 saturated heterocycles. The number of carbonyl (C=O) groups excluding carboxylic acids is 1. The first-order valence-corrected chi connectivity index (χ1v) is 3.97. The highest BCUT2D eigenvalue weighted by atomic mass is 16.3. The van der Waals surface area contributed by atoms with Crippen LogP contribution in [0.2, 0.25) is 0 Å². The van der Waals surface area contributed by atoms with Gasteiger partial charge < -0.3 is 19.9 Å². The number of aldehydes is 1. The van der Waals surface area contributed by atoms with E-state index in [-0.39, 0.29) is 6.04 Å². The van der Waals surface area contributed by atoms with Crippen LogP contribution in [0.1, 0.15) is 13.3 Å². The molecule has 0 saturated carbocycles. The maximum absolute atomic E-state index is 10.3. The Morgan fingerprint density at radius 1 is 1.42 bits per heavy atom. The summed E-state index contributed by atoms with van der Waals surface area (Å²) in [5.41, 5.74) is 0. The van der Waals surface area contributed by atoms with Gasteiger partial charge in [0.1, 0.15) is 12.4 Å². The number of hydrogen-bond acceptors (Lipinski definition) is 4. The van der Waals surface area contributed by atoms with Crippen LogP contribution < -0.4 is 0 Å². The van der Waals surface area contributed by atoms with Crippen LogP contribution in [0.3, 0.4) is 0 Å². The Morgan fingerprint density at radius 2 is 1.92 bits per heavy atom. The Balaban J connectivity index is 4.12. The van der Waals surface area contributed by atoms with Gasteiger partial charge in [0.05, 0.1) is 6.10 Å². The summed E-state index contributed by atoms with van der Waals surface area (Å²) in [6, 6.07) is -0.303. The summed E-state index contributed by atoms with van der Waals surface area (Å²) < 4.78 is 0. The minimum atomic E-state index is -1.02. The molecule has 0 aromatic rings. The third-order valence-electron chi connectivity index (χ3n) is 1.78. The van der Waals surface area contributed by atoms with E-state index < -0.39 is 12.2 Å². The topological polar surface area (TPSA) is 60.8 Å². The van der Waals surface area contributed by atoms with Gasteiger partial charge in [0.2, 0.25) is 0 Å². The Labute approximate surface area is 72.8 Å². The van der Waals surface area contributed by atoms with Crippen LogP contribution in [0.25, 0.3) is 0 Å². The smallest absolute Gasteiger partial charge is 0.150 e. The first kappa shape index (κ1) is 11.6. The third-order valence-corrected chi connectivity index (χ3v) is 1.78. The molecular weight excluding hydrogens is 158 g/mol. The molecule has 0 fully saturated rings. The van der Waals surface area contributed by atoms with E-state index in [1.165, 1.54) is 0 Å². The van der Waals surface area contributed by atoms with E-state index in [9.17, 15) is 9.90 Å². The van der Waals surface area contributed by atoms with E-state index in [1.807, 2.05) is 0 Å². The molecule has 2 N–H and O–H groups in total. The number of rotatable bonds is 5. The molecule has 0 heterocycles. The Morgan fingerprint density at radius 3 is 2.17 bits per heavy atom. The highest BCUT2D eigenvalue weighted by Crippen LogP contribution is 2.07. The summed E-state index contributed by atoms with van der Waals surface area (Å²) in [6.45, 7) is 1.63. The van der Waals surface area contributed by atoms with Gasteiger partial charge in [-0.05, 0) is 27.4 Å². The predicted octanol–water partition coefficient (Wildman–Crippen LogP) is -0.753. The van der Waals surface area contributed by atoms with Crippen molar-refractivity contribution in [2.24, 2.45) is 0 Å². The number of nitrogens with zero attached hydrogens (tertiary/aromatic N) is 1. The summed E-state index contributed by atoms with van der Waals surface area (Å²) in [7, 11) is 3.53. The average molecular weight is 175 g/mol. The fourth-order valence-corrected chi connectivity index (χ4v) is 1.10. The molecule has 0 amide bonds. The Hall–Kier alpha value is -0.450. The monoisotopic (exact) mass is 175 g/mol. The van der Waals surface area contributed by atoms with Crippen LogP contribution in [0.5, 0.6) is 0 Å². The van der Waals surface area contributed by atoms with Gasteiger partial charge in [-0.1, -0.05) is 0 Å². The van der Waals surface area contributed by atoms with Crippen molar-refractivity contribution in [2.45, 2.75) is 31.6 Å². The lowest BCUT2D eigenvalue weighted by atomic mass is 10.0. The third kappa shape index (κ3) is 3.80. The van der Waals surface area contributed by atoms with Crippen molar-refractivity contribution < 1.29 is 15.0 Å². The van der Waals surface area contributed by atoms with E-state index in [0.717, 1.165) is 0 Å². The lowest BCUT2D eigenvalue weighted by molar-refractivity contribution is -0.118. The molecule has 0 unspecified atom stereocenters. The number of aliphatic hydroxyl groups excluding tert-OH is 2. The Bertz CT molecular complexity index is 136. The van der Waals surface area contributed by atoms with Crippen molar-refractivity contribution in [1.82, 2.24) is 4.90 Å². The highest BCUT2D eigenvalue weighted by Gasteiger charge is 2.21. The summed E-state index contributed by atoms with van der Waals surface area (Å²) in [6.07, 6.45) is -0.637. The molecule has 3 atom stereocenters. The number of hydrogen-bond donors (Lipinski definition) is 2. The maximum Gasteiger partial charge on any atom is 0.150 e. The largest absolute Gasteiger partial charge is 0.393 e. The van der Waals surface area contributed by atoms with Gasteiger partial charge in [0.25, 0.3) is 0 Å². The zero-order valence-corrected chi connectivity index (χ0v) is 7.77. The van der Waals surface area contributed by atoms with Crippen molar-refractivity contribution in [3.63, 3.8) is 0 Å². The highest BCUT2D eigenvalue weighted by molar-refractivity contribution is 5.56. The van der Waals surface area contributed by atoms with Gasteiger partial charge in [0.15, 0.2) is 0 Å². The lowest BCUT2D eigenvalue weighted by Crippen LogP contribution is -2.41. The minimum absolute atomic E-state index is 0.303. The van der Waals surface area contributed by atoms with E-state index in [0.29, 0.717) is 12.7 Å². The zero-order chi connectivity index (χ0) is 9.72. The fraction of sp³-hybridized carbons (Fsp3) is 0.875. The zero-order valence-electron chi connectivity index (χ0n) is 7.77. The van der Waals surface area contributed by atoms with Crippen molar-refractivity contribution in [2.75, 3.05) is 14.1 Å². The molecular formula is C8H17NO3. The lowest BCUT2D eigenvalue weighted by Gasteiger charge is -2.26. The first-order valence-electron chi connectivity index (χ1n) is 3.97. The summed E-state index contributed by atoms with van der Waals surface area (Å²) >= 11 is 0. The van der Waals surface area contributed by atoms with Crippen LogP contribution in [0.15, 0.2) is 0 Å². The van der Waals surface area contributed by atoms with Crippen LogP contribution in [0, 0.1) is 0 Å². The van der Waals surface area contributed by atoms with Gasteiger partial charge in [-0.2, -0.15) is 0 Å². The molecule has 0 bridgehead atoms. The molecule has 4 heteroatoms. The van der Waals surface area contributed by atoms with Gasteiger partial charge in [-0.25, -0.2) is 0 Å². The fourth-order valence-electron chi connectivity index (χ4n) is 1.10. The van der Waals surface area contributed by atoms with Gasteiger partial charge >= 0.3 is 0 Å². The summed E-state index contributed by atoms with van der Waals surface area (Å²) in [5, 5.41) is 18.3. The van der Waals surface area contributed by atoms with Crippen LogP contribution in [0.4, 0.5) is 0 Å². The van der Waals surface area contributed by atoms with Crippen molar-refractivity contribution in [1.29, 1.82) is 0 Å². The van der Waals surface area contributed by atoms with Crippen LogP contribution in [-0.2, 0) is 4.79 Å². The normalized spacial score (nSPS) is 18.8. The van der Waals surface area contributed by atoms with Gasteiger partial charge in [-0.15, -0.1) is 0 Å². The minimum Gasteiger partial charge on any atom is -0.393 e. The molecule has 4 nitrogen and oxygen atoms in total. The van der Waals surface area contributed by atoms with Gasteiger partial charge in [0, 0.05) is 6.04 Å². The van der Waals surface area contributed by atoms with E-state index >= 15 is 0 Å². The SMILES string of the molecule is C[C@@H](O)C[C@@H]([C@H](O)C=O)N(C)C. The van der Waals surface area contributed by atoms with Crippen molar-refractivity contribution >= 4 is 6.29 Å². The first-order chi connectivity index (χ1) is 5.49. The van der Waals surface area contributed by atoms with E-state index in [2.05, 4.69) is 0 Å². The quantitative estimate of drug-likeness (QED) is 0.540. The predicted molar refractivity (Wildman–Crippen MR) is 45.8 cm³/mol. The summed E-state index contributed by atoms with van der Waals surface area (Å²) in [4.78, 5) is 12.0. The second kappa shape index (κ2) is 5.24. The van der Waals surface area contributed by atoms with E-state index in [1.54, 1.807) is 25.9 Å². The van der Waals surface area contributed by atoms with Crippen molar-refractivity contribution in [3.05, 3.63) is 0 Å². The second-order valence-electron chi connectivity index (χ2n) is 3.24.